The number of hydrogen-bond acceptors (Lipinski definition) is 6. The minimum atomic E-state index is -2.79. The van der Waals surface area contributed by atoms with Crippen LogP contribution >= 0.6 is 0 Å². The monoisotopic (exact) mass is 340 g/mol. The van der Waals surface area contributed by atoms with Crippen LogP contribution in [0.5, 0.6) is 0 Å². The molecule has 7 nitrogen and oxygen atoms in total. The Bertz CT molecular complexity index is 603. The summed E-state index contributed by atoms with van der Waals surface area (Å²) in [6, 6.07) is 1.06. The summed E-state index contributed by atoms with van der Waals surface area (Å²) in [5.41, 5.74) is 0. The molecule has 0 spiro atoms. The first-order valence-corrected chi connectivity index (χ1v) is 8.01. The Morgan fingerprint density at radius 3 is 2.62 bits per heavy atom. The van der Waals surface area contributed by atoms with E-state index < -0.39 is 24.9 Å². The first-order chi connectivity index (χ1) is 11.4. The van der Waals surface area contributed by atoms with Crippen molar-refractivity contribution in [3.8, 4) is 0 Å². The van der Waals surface area contributed by atoms with E-state index in [9.17, 15) is 13.6 Å². The molecule has 2 aliphatic heterocycles. The average Bonchev–Trinajstić information content (AvgIpc) is 2.94. The molecule has 1 N–H and O–H groups in total. The van der Waals surface area contributed by atoms with Crippen molar-refractivity contribution in [1.29, 1.82) is 0 Å². The van der Waals surface area contributed by atoms with Crippen LogP contribution in [0.25, 0.3) is 0 Å². The fourth-order valence-electron chi connectivity index (χ4n) is 3.00. The molecular formula is C15H22F2N6O. The van der Waals surface area contributed by atoms with E-state index in [1.54, 1.807) is 11.1 Å². The van der Waals surface area contributed by atoms with Crippen molar-refractivity contribution in [3.05, 3.63) is 12.3 Å². The maximum atomic E-state index is 13.2. The summed E-state index contributed by atoms with van der Waals surface area (Å²) >= 11 is 0. The van der Waals surface area contributed by atoms with E-state index in [1.165, 1.54) is 0 Å². The van der Waals surface area contributed by atoms with Gasteiger partial charge in [0, 0.05) is 52.9 Å². The van der Waals surface area contributed by atoms with Gasteiger partial charge in [0.15, 0.2) is 0 Å². The van der Waals surface area contributed by atoms with Crippen LogP contribution in [0.3, 0.4) is 0 Å². The lowest BCUT2D eigenvalue weighted by molar-refractivity contribution is -0.134. The second kappa shape index (κ2) is 6.46. The standard InChI is InChI=1S/C15H22F2N6O/c1-21(2)14-18-4-3-12(20-14)22-5-7-23(8-6-22)13(24)11-9-15(16,17)10-19-11/h3-4,11,19H,5-10H2,1-2H3. The van der Waals surface area contributed by atoms with Crippen molar-refractivity contribution >= 4 is 17.7 Å². The number of nitrogens with one attached hydrogen (secondary N) is 1. The second-order valence-electron chi connectivity index (χ2n) is 6.42. The smallest absolute Gasteiger partial charge is 0.262 e. The molecule has 1 amide bonds. The molecular weight excluding hydrogens is 318 g/mol. The third-order valence-electron chi connectivity index (χ3n) is 4.35. The summed E-state index contributed by atoms with van der Waals surface area (Å²) in [6.45, 7) is 1.84. The third-order valence-corrected chi connectivity index (χ3v) is 4.35. The van der Waals surface area contributed by atoms with Crippen LogP contribution in [0, 0.1) is 0 Å². The molecule has 2 aliphatic rings. The number of anilines is 2. The van der Waals surface area contributed by atoms with Gasteiger partial charge in [0.05, 0.1) is 12.6 Å². The highest BCUT2D eigenvalue weighted by Gasteiger charge is 2.43. The summed E-state index contributed by atoms with van der Waals surface area (Å²) < 4.78 is 26.5. The summed E-state index contributed by atoms with van der Waals surface area (Å²) in [4.78, 5) is 26.6. The number of halogens is 2. The van der Waals surface area contributed by atoms with E-state index in [1.807, 2.05) is 25.1 Å². The average molecular weight is 340 g/mol. The Morgan fingerprint density at radius 1 is 1.33 bits per heavy atom. The van der Waals surface area contributed by atoms with Crippen molar-refractivity contribution in [3.63, 3.8) is 0 Å². The number of amides is 1. The molecule has 1 atom stereocenters. The van der Waals surface area contributed by atoms with Crippen LogP contribution in [0.1, 0.15) is 6.42 Å². The van der Waals surface area contributed by atoms with Gasteiger partial charge < -0.3 is 14.7 Å². The predicted molar refractivity (Wildman–Crippen MR) is 86.5 cm³/mol. The molecule has 2 saturated heterocycles. The molecule has 0 radical (unpaired) electrons. The van der Waals surface area contributed by atoms with Gasteiger partial charge in [0.1, 0.15) is 5.82 Å². The molecule has 132 valence electrons. The highest BCUT2D eigenvalue weighted by atomic mass is 19.3. The summed E-state index contributed by atoms with van der Waals surface area (Å²) in [7, 11) is 3.75. The Labute approximate surface area is 139 Å². The molecule has 1 aromatic heterocycles. The Hall–Kier alpha value is -2.03. The molecule has 0 saturated carbocycles. The zero-order valence-electron chi connectivity index (χ0n) is 13.9. The first-order valence-electron chi connectivity index (χ1n) is 8.01. The molecule has 0 aromatic carbocycles. The highest BCUT2D eigenvalue weighted by molar-refractivity contribution is 5.82. The minimum Gasteiger partial charge on any atom is -0.353 e. The summed E-state index contributed by atoms with van der Waals surface area (Å²) in [5.74, 6) is -1.58. The summed E-state index contributed by atoms with van der Waals surface area (Å²) in [6.07, 6.45) is 1.30. The lowest BCUT2D eigenvalue weighted by Crippen LogP contribution is -2.53. The number of carbonyl (C=O) groups is 1. The van der Waals surface area contributed by atoms with E-state index >= 15 is 0 Å². The van der Waals surface area contributed by atoms with E-state index in [4.69, 9.17) is 0 Å². The lowest BCUT2D eigenvalue weighted by Gasteiger charge is -2.36. The number of carbonyl (C=O) groups excluding carboxylic acids is 1. The van der Waals surface area contributed by atoms with Crippen molar-refractivity contribution in [2.45, 2.75) is 18.4 Å². The first kappa shape index (κ1) is 16.8. The fourth-order valence-corrected chi connectivity index (χ4v) is 3.00. The van der Waals surface area contributed by atoms with Crippen LogP contribution in [0.15, 0.2) is 12.3 Å². The Morgan fingerprint density at radius 2 is 2.04 bits per heavy atom. The topological polar surface area (TPSA) is 64.6 Å². The molecule has 24 heavy (non-hydrogen) atoms. The number of alkyl halides is 2. The maximum Gasteiger partial charge on any atom is 0.262 e. The van der Waals surface area contributed by atoms with Crippen molar-refractivity contribution < 1.29 is 13.6 Å². The van der Waals surface area contributed by atoms with E-state index in [0.717, 1.165) is 5.82 Å². The second-order valence-corrected chi connectivity index (χ2v) is 6.42. The molecule has 1 unspecified atom stereocenters. The SMILES string of the molecule is CN(C)c1nccc(N2CCN(C(=O)C3CC(F)(F)CN3)CC2)n1. The van der Waals surface area contributed by atoms with Crippen molar-refractivity contribution in [1.82, 2.24) is 20.2 Å². The Kier molecular flexibility index (Phi) is 4.53. The maximum absolute atomic E-state index is 13.2. The fraction of sp³-hybridized carbons (Fsp3) is 0.667. The van der Waals surface area contributed by atoms with E-state index in [-0.39, 0.29) is 5.91 Å². The Balaban J connectivity index is 1.58. The zero-order valence-corrected chi connectivity index (χ0v) is 13.9. The van der Waals surface area contributed by atoms with Gasteiger partial charge in [-0.25, -0.2) is 13.8 Å². The number of aromatic nitrogens is 2. The largest absolute Gasteiger partial charge is 0.353 e. The van der Waals surface area contributed by atoms with Gasteiger partial charge in [-0.1, -0.05) is 0 Å². The van der Waals surface area contributed by atoms with Gasteiger partial charge in [-0.05, 0) is 6.07 Å². The molecule has 2 fully saturated rings. The van der Waals surface area contributed by atoms with Crippen LogP contribution in [-0.4, -0.2) is 79.6 Å². The zero-order chi connectivity index (χ0) is 17.3. The van der Waals surface area contributed by atoms with Crippen LogP contribution in [0.4, 0.5) is 20.5 Å². The molecule has 3 heterocycles. The predicted octanol–water partition coefficient (Wildman–Crippen LogP) is 0.188. The number of rotatable bonds is 3. The highest BCUT2D eigenvalue weighted by Crippen LogP contribution is 2.26. The summed E-state index contributed by atoms with van der Waals surface area (Å²) in [5, 5.41) is 2.63. The van der Waals surface area contributed by atoms with Crippen molar-refractivity contribution in [2.75, 3.05) is 56.6 Å². The lowest BCUT2D eigenvalue weighted by atomic mass is 10.1. The van der Waals surface area contributed by atoms with Gasteiger partial charge in [-0.3, -0.25) is 10.1 Å². The molecule has 3 rings (SSSR count). The van der Waals surface area contributed by atoms with Gasteiger partial charge in [0.25, 0.3) is 5.92 Å². The minimum absolute atomic E-state index is 0.233. The van der Waals surface area contributed by atoms with E-state index in [0.29, 0.717) is 32.1 Å². The number of nitrogens with zero attached hydrogens (tertiary/aromatic N) is 5. The number of piperazine rings is 1. The quantitative estimate of drug-likeness (QED) is 0.847. The van der Waals surface area contributed by atoms with Gasteiger partial charge in [-0.15, -0.1) is 0 Å². The third kappa shape index (κ3) is 3.55. The number of hydrogen-bond donors (Lipinski definition) is 1. The molecule has 9 heteroatoms. The van der Waals surface area contributed by atoms with Gasteiger partial charge >= 0.3 is 0 Å². The van der Waals surface area contributed by atoms with Crippen LogP contribution < -0.4 is 15.1 Å². The van der Waals surface area contributed by atoms with Crippen molar-refractivity contribution in [2.24, 2.45) is 0 Å². The molecule has 1 aromatic rings. The van der Waals surface area contributed by atoms with Gasteiger partial charge in [0.2, 0.25) is 11.9 Å². The van der Waals surface area contributed by atoms with Gasteiger partial charge in [-0.2, -0.15) is 4.98 Å². The van der Waals surface area contributed by atoms with E-state index in [2.05, 4.69) is 20.2 Å². The molecule has 0 aliphatic carbocycles. The normalized spacial score (nSPS) is 23.4. The van der Waals surface area contributed by atoms with Crippen LogP contribution in [-0.2, 0) is 4.79 Å². The van der Waals surface area contributed by atoms with Crippen LogP contribution in [0.2, 0.25) is 0 Å². The molecule has 0 bridgehead atoms.